The molecule has 2 aliphatic heterocycles. The summed E-state index contributed by atoms with van der Waals surface area (Å²) < 4.78 is 73.6. The van der Waals surface area contributed by atoms with Crippen LogP contribution >= 0.6 is 0 Å². The number of ether oxygens (including phenoxy) is 1. The SMILES string of the molecule is Cc1cc(C2CCN(CC(F)(F)F)CC2)ccc1COc1c(F)cc(F)cc1-c1ccnc(N2CCC(C(=O)O)CC2)c1. The van der Waals surface area contributed by atoms with E-state index in [-0.39, 0.29) is 23.8 Å². The number of alkyl halides is 3. The fourth-order valence-corrected chi connectivity index (χ4v) is 6.00. The molecule has 11 heteroatoms. The molecule has 2 saturated heterocycles. The highest BCUT2D eigenvalue weighted by Gasteiger charge is 2.33. The Kier molecular flexibility index (Phi) is 9.19. The number of rotatable bonds is 8. The third-order valence-electron chi connectivity index (χ3n) is 8.43. The van der Waals surface area contributed by atoms with E-state index in [2.05, 4.69) is 4.98 Å². The number of pyridine rings is 1. The molecule has 0 bridgehead atoms. The first-order chi connectivity index (χ1) is 20.5. The van der Waals surface area contributed by atoms with Crippen LogP contribution in [0.5, 0.6) is 5.75 Å². The topological polar surface area (TPSA) is 65.9 Å². The summed E-state index contributed by atoms with van der Waals surface area (Å²) in [6.07, 6.45) is -0.395. The number of likely N-dealkylation sites (tertiary alicyclic amines) is 1. The third kappa shape index (κ3) is 7.62. The Labute approximate surface area is 247 Å². The molecular weight excluding hydrogens is 569 g/mol. The van der Waals surface area contributed by atoms with E-state index in [1.54, 1.807) is 18.3 Å². The Morgan fingerprint density at radius 2 is 1.72 bits per heavy atom. The Hall–Kier alpha value is -3.73. The van der Waals surface area contributed by atoms with Crippen LogP contribution in [0.1, 0.15) is 48.3 Å². The van der Waals surface area contributed by atoms with Gasteiger partial charge in [0.25, 0.3) is 0 Å². The highest BCUT2D eigenvalue weighted by Crippen LogP contribution is 2.37. The van der Waals surface area contributed by atoms with Crippen LogP contribution in [0, 0.1) is 24.5 Å². The summed E-state index contributed by atoms with van der Waals surface area (Å²) in [6.45, 7) is 2.85. The summed E-state index contributed by atoms with van der Waals surface area (Å²) in [5.41, 5.74) is 3.53. The van der Waals surface area contributed by atoms with Gasteiger partial charge in [-0.1, -0.05) is 18.2 Å². The number of hydrogen-bond donors (Lipinski definition) is 1. The van der Waals surface area contributed by atoms with Gasteiger partial charge in [-0.25, -0.2) is 13.8 Å². The van der Waals surface area contributed by atoms with Gasteiger partial charge in [-0.15, -0.1) is 0 Å². The van der Waals surface area contributed by atoms with Crippen LogP contribution in [0.4, 0.5) is 27.8 Å². The smallest absolute Gasteiger partial charge is 0.401 e. The summed E-state index contributed by atoms with van der Waals surface area (Å²) in [5.74, 6) is -2.14. The number of aryl methyl sites for hydroxylation is 1. The van der Waals surface area contributed by atoms with Gasteiger partial charge in [-0.3, -0.25) is 9.69 Å². The van der Waals surface area contributed by atoms with Crippen LogP contribution in [-0.4, -0.2) is 59.9 Å². The van der Waals surface area contributed by atoms with Crippen LogP contribution in [0.15, 0.2) is 48.7 Å². The van der Waals surface area contributed by atoms with E-state index < -0.39 is 36.2 Å². The van der Waals surface area contributed by atoms with Crippen LogP contribution < -0.4 is 9.64 Å². The van der Waals surface area contributed by atoms with Crippen molar-refractivity contribution >= 4 is 11.8 Å². The van der Waals surface area contributed by atoms with Crippen molar-refractivity contribution in [2.45, 2.75) is 51.3 Å². The monoisotopic (exact) mass is 603 g/mol. The first kappa shape index (κ1) is 30.7. The number of carboxylic acid groups (broad SMARTS) is 1. The lowest BCUT2D eigenvalue weighted by Gasteiger charge is -2.32. The molecule has 3 heterocycles. The van der Waals surface area contributed by atoms with Crippen molar-refractivity contribution in [2.24, 2.45) is 5.92 Å². The molecule has 5 rings (SSSR count). The number of piperidine rings is 2. The predicted octanol–water partition coefficient (Wildman–Crippen LogP) is 6.96. The van der Waals surface area contributed by atoms with Crippen LogP contribution in [0.2, 0.25) is 0 Å². The van der Waals surface area contributed by atoms with Crippen LogP contribution in [-0.2, 0) is 11.4 Å². The second-order valence-electron chi connectivity index (χ2n) is 11.4. The van der Waals surface area contributed by atoms with Gasteiger partial charge >= 0.3 is 12.1 Å². The Bertz CT molecular complexity index is 1450. The molecular formula is C32H34F5N3O3. The fourth-order valence-electron chi connectivity index (χ4n) is 6.00. The van der Waals surface area contributed by atoms with Gasteiger partial charge in [-0.2, -0.15) is 13.2 Å². The molecule has 6 nitrogen and oxygen atoms in total. The number of aliphatic carboxylic acids is 1. The lowest BCUT2D eigenvalue weighted by molar-refractivity contribution is -0.148. The molecule has 0 aliphatic carbocycles. The maximum atomic E-state index is 15.1. The molecule has 0 saturated carbocycles. The molecule has 2 aliphatic rings. The standard InChI is InChI=1S/C32H34F5N3O3/c1-20-14-23(21-5-10-39(11-6-21)19-32(35,36)37)2-3-25(20)18-43-30-27(16-26(33)17-28(30)34)24-4-9-38-29(15-24)40-12-7-22(8-13-40)31(41)42/h2-4,9,14-17,21-22H,5-8,10-13,18-19H2,1H3,(H,41,42). The van der Waals surface area contributed by atoms with Crippen molar-refractivity contribution in [3.8, 4) is 16.9 Å². The average Bonchev–Trinajstić information content (AvgIpc) is 2.96. The molecule has 230 valence electrons. The molecule has 2 fully saturated rings. The van der Waals surface area contributed by atoms with E-state index in [1.165, 1.54) is 11.0 Å². The zero-order valence-corrected chi connectivity index (χ0v) is 23.8. The number of nitrogens with zero attached hydrogens (tertiary/aromatic N) is 3. The van der Waals surface area contributed by atoms with Crippen molar-refractivity contribution in [1.29, 1.82) is 0 Å². The third-order valence-corrected chi connectivity index (χ3v) is 8.43. The highest BCUT2D eigenvalue weighted by molar-refractivity contribution is 5.73. The number of carboxylic acids is 1. The summed E-state index contributed by atoms with van der Waals surface area (Å²) in [5, 5.41) is 9.28. The molecule has 0 spiro atoms. The molecule has 3 aromatic rings. The van der Waals surface area contributed by atoms with E-state index in [0.29, 0.717) is 63.2 Å². The summed E-state index contributed by atoms with van der Waals surface area (Å²) in [7, 11) is 0. The van der Waals surface area contributed by atoms with Crippen LogP contribution in [0.3, 0.4) is 0 Å². The zero-order chi connectivity index (χ0) is 30.7. The van der Waals surface area contributed by atoms with E-state index in [0.717, 1.165) is 22.8 Å². The number of benzene rings is 2. The van der Waals surface area contributed by atoms with E-state index >= 15 is 4.39 Å². The summed E-state index contributed by atoms with van der Waals surface area (Å²) in [4.78, 5) is 19.1. The molecule has 43 heavy (non-hydrogen) atoms. The second kappa shape index (κ2) is 12.9. The minimum absolute atomic E-state index is 0.0341. The van der Waals surface area contributed by atoms with Crippen molar-refractivity contribution in [3.63, 3.8) is 0 Å². The molecule has 1 N–H and O–H groups in total. The molecule has 0 atom stereocenters. The van der Waals surface area contributed by atoms with Crippen molar-refractivity contribution in [2.75, 3.05) is 37.6 Å². The summed E-state index contributed by atoms with van der Waals surface area (Å²) >= 11 is 0. The lowest BCUT2D eigenvalue weighted by atomic mass is 9.88. The Morgan fingerprint density at radius 3 is 2.37 bits per heavy atom. The van der Waals surface area contributed by atoms with E-state index in [4.69, 9.17) is 4.74 Å². The Balaban J connectivity index is 1.28. The minimum Gasteiger partial charge on any atom is -0.485 e. The molecule has 0 radical (unpaired) electrons. The van der Waals surface area contributed by atoms with E-state index in [9.17, 15) is 27.5 Å². The quantitative estimate of drug-likeness (QED) is 0.281. The largest absolute Gasteiger partial charge is 0.485 e. The molecule has 2 aromatic carbocycles. The van der Waals surface area contributed by atoms with Gasteiger partial charge in [0.2, 0.25) is 0 Å². The van der Waals surface area contributed by atoms with Crippen LogP contribution in [0.25, 0.3) is 11.1 Å². The van der Waals surface area contributed by atoms with Gasteiger partial charge in [0.05, 0.1) is 12.5 Å². The number of hydrogen-bond acceptors (Lipinski definition) is 5. The maximum Gasteiger partial charge on any atom is 0.401 e. The van der Waals surface area contributed by atoms with Crippen molar-refractivity contribution in [1.82, 2.24) is 9.88 Å². The highest BCUT2D eigenvalue weighted by atomic mass is 19.4. The maximum absolute atomic E-state index is 15.1. The number of aromatic nitrogens is 1. The predicted molar refractivity (Wildman–Crippen MR) is 152 cm³/mol. The van der Waals surface area contributed by atoms with Crippen molar-refractivity contribution < 1.29 is 36.6 Å². The minimum atomic E-state index is -4.20. The number of anilines is 1. The summed E-state index contributed by atoms with van der Waals surface area (Å²) in [6, 6.07) is 11.2. The lowest BCUT2D eigenvalue weighted by Crippen LogP contribution is -2.39. The average molecular weight is 604 g/mol. The van der Waals surface area contributed by atoms with E-state index in [1.807, 2.05) is 30.0 Å². The van der Waals surface area contributed by atoms with Gasteiger partial charge in [-0.05, 0) is 92.1 Å². The molecule has 0 amide bonds. The fraction of sp³-hybridized carbons (Fsp3) is 0.438. The molecule has 0 unspecified atom stereocenters. The van der Waals surface area contributed by atoms with Gasteiger partial charge in [0.1, 0.15) is 18.2 Å². The molecule has 1 aromatic heterocycles. The second-order valence-corrected chi connectivity index (χ2v) is 11.4. The normalized spacial score (nSPS) is 17.3. The van der Waals surface area contributed by atoms with Gasteiger partial charge in [0.15, 0.2) is 11.6 Å². The first-order valence-electron chi connectivity index (χ1n) is 14.4. The van der Waals surface area contributed by atoms with Gasteiger partial charge in [0, 0.05) is 30.9 Å². The zero-order valence-electron chi connectivity index (χ0n) is 23.8. The number of carbonyl (C=O) groups is 1. The number of halogens is 5. The first-order valence-corrected chi connectivity index (χ1v) is 14.4. The van der Waals surface area contributed by atoms with Crippen molar-refractivity contribution in [3.05, 3.63) is 77.0 Å². The Morgan fingerprint density at radius 1 is 1.00 bits per heavy atom. The van der Waals surface area contributed by atoms with Gasteiger partial charge < -0.3 is 14.7 Å².